The Balaban J connectivity index is 2.35. The maximum Gasteiger partial charge on any atom is 0.250 e. The number of carbonyl (C=O) groups is 1. The first-order chi connectivity index (χ1) is 5.59. The number of carbonyl (C=O) groups excluding carboxylic acids is 1. The molecule has 1 aliphatic rings. The third-order valence-corrected chi connectivity index (χ3v) is 1.96. The van der Waals surface area contributed by atoms with E-state index >= 15 is 0 Å². The van der Waals surface area contributed by atoms with Crippen LogP contribution in [0.4, 0.5) is 0 Å². The zero-order valence-corrected chi connectivity index (χ0v) is 7.79. The van der Waals surface area contributed by atoms with Gasteiger partial charge in [-0.05, 0) is 5.92 Å². The Bertz CT molecular complexity index is 170. The van der Waals surface area contributed by atoms with Gasteiger partial charge in [0.15, 0.2) is 0 Å². The van der Waals surface area contributed by atoms with Gasteiger partial charge in [0.1, 0.15) is 0 Å². The highest BCUT2D eigenvalue weighted by Crippen LogP contribution is 2.03. The molecule has 0 spiro atoms. The summed E-state index contributed by atoms with van der Waals surface area (Å²) in [5.41, 5.74) is 0. The number of hydrogen-bond donors (Lipinski definition) is 1. The van der Waals surface area contributed by atoms with Crippen molar-refractivity contribution in [2.45, 2.75) is 13.8 Å². The van der Waals surface area contributed by atoms with Crippen molar-refractivity contribution >= 4 is 5.91 Å². The lowest BCUT2D eigenvalue weighted by atomic mass is 10.2. The van der Waals surface area contributed by atoms with Gasteiger partial charge in [-0.2, -0.15) is 0 Å². The van der Waals surface area contributed by atoms with Gasteiger partial charge in [0.2, 0.25) is 0 Å². The largest absolute Gasteiger partial charge is 0.292 e. The second-order valence-corrected chi connectivity index (χ2v) is 3.72. The van der Waals surface area contributed by atoms with Gasteiger partial charge >= 0.3 is 0 Å². The minimum atomic E-state index is 0.0295. The van der Waals surface area contributed by atoms with Crippen LogP contribution in [0, 0.1) is 5.92 Å². The van der Waals surface area contributed by atoms with Crippen molar-refractivity contribution in [3.05, 3.63) is 0 Å². The smallest absolute Gasteiger partial charge is 0.250 e. The van der Waals surface area contributed by atoms with Gasteiger partial charge in [0.25, 0.3) is 5.91 Å². The summed E-state index contributed by atoms with van der Waals surface area (Å²) in [6.45, 7) is 7.33. The van der Waals surface area contributed by atoms with E-state index in [-0.39, 0.29) is 5.91 Å². The highest BCUT2D eigenvalue weighted by Gasteiger charge is 2.21. The average Bonchev–Trinajstić information content (AvgIpc) is 1.96. The lowest BCUT2D eigenvalue weighted by molar-refractivity contribution is -0.136. The second kappa shape index (κ2) is 3.87. The van der Waals surface area contributed by atoms with E-state index in [4.69, 9.17) is 5.84 Å². The van der Waals surface area contributed by atoms with Crippen molar-refractivity contribution in [3.63, 3.8) is 0 Å². The monoisotopic (exact) mass is 171 g/mol. The maximum atomic E-state index is 11.1. The Morgan fingerprint density at radius 1 is 1.50 bits per heavy atom. The highest BCUT2D eigenvalue weighted by atomic mass is 16.2. The van der Waals surface area contributed by atoms with E-state index in [1.165, 1.54) is 5.01 Å². The van der Waals surface area contributed by atoms with Gasteiger partial charge in [-0.3, -0.25) is 14.7 Å². The SMILES string of the molecule is CC(C)CN1CCN(N)C(=O)C1. The number of nitrogens with zero attached hydrogens (tertiary/aromatic N) is 2. The first kappa shape index (κ1) is 9.48. The van der Waals surface area contributed by atoms with E-state index in [0.29, 0.717) is 19.0 Å². The molecule has 70 valence electrons. The van der Waals surface area contributed by atoms with Gasteiger partial charge in [0.05, 0.1) is 6.54 Å². The maximum absolute atomic E-state index is 11.1. The predicted molar refractivity (Wildman–Crippen MR) is 47.2 cm³/mol. The van der Waals surface area contributed by atoms with E-state index in [9.17, 15) is 4.79 Å². The number of rotatable bonds is 2. The molecule has 1 rings (SSSR count). The Morgan fingerprint density at radius 3 is 2.67 bits per heavy atom. The number of hydrogen-bond acceptors (Lipinski definition) is 3. The number of piperazine rings is 1. The first-order valence-corrected chi connectivity index (χ1v) is 4.37. The predicted octanol–water partition coefficient (Wildman–Crippen LogP) is -0.340. The first-order valence-electron chi connectivity index (χ1n) is 4.37. The molecule has 0 atom stereocenters. The van der Waals surface area contributed by atoms with Gasteiger partial charge in [-0.25, -0.2) is 5.84 Å². The molecule has 1 saturated heterocycles. The summed E-state index contributed by atoms with van der Waals surface area (Å²) in [5, 5.41) is 1.30. The van der Waals surface area contributed by atoms with Crippen LogP contribution >= 0.6 is 0 Å². The molecule has 0 aromatic rings. The van der Waals surface area contributed by atoms with E-state index in [1.807, 2.05) is 0 Å². The van der Waals surface area contributed by atoms with Crippen LogP contribution in [0.1, 0.15) is 13.8 Å². The molecule has 1 heterocycles. The molecular weight excluding hydrogens is 154 g/mol. The molecule has 0 unspecified atom stereocenters. The van der Waals surface area contributed by atoms with Gasteiger partial charge in [0, 0.05) is 19.6 Å². The van der Waals surface area contributed by atoms with Crippen LogP contribution in [0.5, 0.6) is 0 Å². The molecule has 2 N–H and O–H groups in total. The topological polar surface area (TPSA) is 49.6 Å². The fourth-order valence-electron chi connectivity index (χ4n) is 1.41. The lowest BCUT2D eigenvalue weighted by Gasteiger charge is -2.32. The Morgan fingerprint density at radius 2 is 2.17 bits per heavy atom. The number of hydrazine groups is 1. The van der Waals surface area contributed by atoms with Gasteiger partial charge in [-0.1, -0.05) is 13.8 Å². The summed E-state index contributed by atoms with van der Waals surface area (Å²) < 4.78 is 0. The molecule has 0 radical (unpaired) electrons. The van der Waals surface area contributed by atoms with Crippen LogP contribution in [0.25, 0.3) is 0 Å². The zero-order valence-electron chi connectivity index (χ0n) is 7.79. The summed E-state index contributed by atoms with van der Waals surface area (Å²) >= 11 is 0. The Kier molecular flexibility index (Phi) is 3.05. The van der Waals surface area contributed by atoms with E-state index in [2.05, 4.69) is 18.7 Å². The third-order valence-electron chi connectivity index (χ3n) is 1.96. The molecule has 0 aromatic heterocycles. The molecule has 1 aliphatic heterocycles. The molecule has 4 nitrogen and oxygen atoms in total. The molecule has 0 aliphatic carbocycles. The number of amides is 1. The Labute approximate surface area is 73.3 Å². The summed E-state index contributed by atoms with van der Waals surface area (Å²) in [7, 11) is 0. The normalized spacial score (nSPS) is 20.7. The number of nitrogens with two attached hydrogens (primary N) is 1. The summed E-state index contributed by atoms with van der Waals surface area (Å²) in [4.78, 5) is 13.3. The molecule has 1 fully saturated rings. The van der Waals surface area contributed by atoms with Crippen LogP contribution in [0.3, 0.4) is 0 Å². The third kappa shape index (κ3) is 2.46. The fourth-order valence-corrected chi connectivity index (χ4v) is 1.41. The van der Waals surface area contributed by atoms with Crippen LogP contribution in [0.2, 0.25) is 0 Å². The van der Waals surface area contributed by atoms with E-state index in [1.54, 1.807) is 0 Å². The summed E-state index contributed by atoms with van der Waals surface area (Å²) in [6.07, 6.45) is 0. The molecule has 0 aromatic carbocycles. The highest BCUT2D eigenvalue weighted by molar-refractivity contribution is 5.78. The van der Waals surface area contributed by atoms with Crippen molar-refractivity contribution in [1.29, 1.82) is 0 Å². The van der Waals surface area contributed by atoms with Crippen molar-refractivity contribution in [3.8, 4) is 0 Å². The summed E-state index contributed by atoms with van der Waals surface area (Å²) in [6, 6.07) is 0. The molecule has 1 amide bonds. The van der Waals surface area contributed by atoms with Crippen molar-refractivity contribution in [2.75, 3.05) is 26.2 Å². The van der Waals surface area contributed by atoms with Gasteiger partial charge < -0.3 is 0 Å². The van der Waals surface area contributed by atoms with Crippen LogP contribution in [-0.2, 0) is 4.79 Å². The van der Waals surface area contributed by atoms with Crippen LogP contribution in [-0.4, -0.2) is 42.0 Å². The fraction of sp³-hybridized carbons (Fsp3) is 0.875. The van der Waals surface area contributed by atoms with Crippen molar-refractivity contribution in [1.82, 2.24) is 9.91 Å². The second-order valence-electron chi connectivity index (χ2n) is 3.72. The van der Waals surface area contributed by atoms with E-state index < -0.39 is 0 Å². The molecule has 4 heteroatoms. The lowest BCUT2D eigenvalue weighted by Crippen LogP contribution is -2.53. The minimum absolute atomic E-state index is 0.0295. The van der Waals surface area contributed by atoms with Crippen molar-refractivity contribution in [2.24, 2.45) is 11.8 Å². The van der Waals surface area contributed by atoms with Crippen LogP contribution in [0.15, 0.2) is 0 Å². The quantitative estimate of drug-likeness (QED) is 0.457. The molecule has 12 heavy (non-hydrogen) atoms. The Hall–Kier alpha value is -0.610. The van der Waals surface area contributed by atoms with Gasteiger partial charge in [-0.15, -0.1) is 0 Å². The summed E-state index contributed by atoms with van der Waals surface area (Å²) in [5.74, 6) is 6.07. The van der Waals surface area contributed by atoms with E-state index in [0.717, 1.165) is 13.1 Å². The minimum Gasteiger partial charge on any atom is -0.292 e. The molecular formula is C8H17N3O. The average molecular weight is 171 g/mol. The van der Waals surface area contributed by atoms with Crippen molar-refractivity contribution < 1.29 is 4.79 Å². The van der Waals surface area contributed by atoms with Crippen LogP contribution < -0.4 is 5.84 Å². The zero-order chi connectivity index (χ0) is 9.14. The molecule has 0 saturated carbocycles. The molecule has 0 bridgehead atoms. The standard InChI is InChI=1S/C8H17N3O/c1-7(2)5-10-3-4-11(9)8(12)6-10/h7H,3-6,9H2,1-2H3.